The predicted molar refractivity (Wildman–Crippen MR) is 170 cm³/mol. The lowest BCUT2D eigenvalue weighted by molar-refractivity contribution is -0.116. The van der Waals surface area contributed by atoms with Gasteiger partial charge in [-0.05, 0) is 61.2 Å². The van der Waals surface area contributed by atoms with Crippen LogP contribution in [0.15, 0.2) is 60.9 Å². The lowest BCUT2D eigenvalue weighted by atomic mass is 9.88. The number of methoxy groups -OCH3 is 1. The maximum Gasteiger partial charge on any atom is 0.407 e. The molecule has 0 bridgehead atoms. The van der Waals surface area contributed by atoms with Crippen molar-refractivity contribution in [1.29, 1.82) is 0 Å². The van der Waals surface area contributed by atoms with Crippen LogP contribution in [-0.4, -0.2) is 61.9 Å². The molecule has 0 unspecified atom stereocenters. The first-order valence-electron chi connectivity index (χ1n) is 15.3. The minimum absolute atomic E-state index is 0.0353. The Labute approximate surface area is 272 Å². The Hall–Kier alpha value is -4.10. The average Bonchev–Trinajstić information content (AvgIpc) is 3.05. The zero-order chi connectivity index (χ0) is 35.0. The van der Waals surface area contributed by atoms with Gasteiger partial charge in [-0.2, -0.15) is 0 Å². The van der Waals surface area contributed by atoms with Gasteiger partial charge in [0.2, 0.25) is 5.91 Å². The Kier molecular flexibility index (Phi) is 16.2. The second kappa shape index (κ2) is 19.5. The minimum atomic E-state index is -2.88. The Morgan fingerprint density at radius 3 is 2.38 bits per heavy atom. The number of nitrogens with zero attached hydrogens (tertiary/aromatic N) is 1. The van der Waals surface area contributed by atoms with Crippen LogP contribution in [0.25, 0.3) is 0 Å². The number of morpholine rings is 1. The van der Waals surface area contributed by atoms with Crippen LogP contribution < -0.4 is 16.0 Å². The first kappa shape index (κ1) is 39.1. The molecule has 8 nitrogen and oxygen atoms in total. The number of ether oxygens (including phenoxy) is 2. The lowest BCUT2D eigenvalue weighted by Gasteiger charge is -2.28. The van der Waals surface area contributed by atoms with Crippen LogP contribution in [0, 0.1) is 17.5 Å². The van der Waals surface area contributed by atoms with Crippen molar-refractivity contribution in [1.82, 2.24) is 15.6 Å². The highest BCUT2D eigenvalue weighted by Crippen LogP contribution is 2.31. The van der Waals surface area contributed by atoms with E-state index in [1.807, 2.05) is 26.1 Å². The van der Waals surface area contributed by atoms with Crippen LogP contribution in [0.2, 0.25) is 0 Å². The normalized spacial score (nSPS) is 16.4. The predicted octanol–water partition coefficient (Wildman–Crippen LogP) is 6.99. The minimum Gasteiger partial charge on any atom is -0.453 e. The van der Waals surface area contributed by atoms with Gasteiger partial charge in [0, 0.05) is 49.3 Å². The summed E-state index contributed by atoms with van der Waals surface area (Å²) in [5.74, 6) is -5.35. The molecular weight excluding hydrogens is 623 g/mol. The molecule has 1 aromatic heterocycles. The first-order valence-corrected chi connectivity index (χ1v) is 15.3. The summed E-state index contributed by atoms with van der Waals surface area (Å²) in [6.07, 6.45) is 2.52. The molecular formula is C34H43F5N4O4. The van der Waals surface area contributed by atoms with Crippen molar-refractivity contribution in [3.8, 4) is 0 Å². The molecule has 0 radical (unpaired) electrons. The van der Waals surface area contributed by atoms with Crippen molar-refractivity contribution in [3.05, 3.63) is 95.1 Å². The van der Waals surface area contributed by atoms with Gasteiger partial charge in [0.15, 0.2) is 0 Å². The molecule has 0 saturated carbocycles. The molecule has 0 spiro atoms. The van der Waals surface area contributed by atoms with Gasteiger partial charge in [-0.15, -0.1) is 0 Å². The fraction of sp³-hybridized carbons (Fsp3) is 0.441. The van der Waals surface area contributed by atoms with Gasteiger partial charge < -0.3 is 25.4 Å². The highest BCUT2D eigenvalue weighted by molar-refractivity contribution is 5.92. The third kappa shape index (κ3) is 13.7. The Bertz CT molecular complexity index is 1400. The maximum atomic E-state index is 14.7. The van der Waals surface area contributed by atoms with Crippen LogP contribution in [0.3, 0.4) is 0 Å². The van der Waals surface area contributed by atoms with Crippen LogP contribution in [0.4, 0.5) is 32.4 Å². The number of halogens is 5. The molecule has 13 heteroatoms. The summed E-state index contributed by atoms with van der Waals surface area (Å²) in [6, 6.07) is 11.9. The van der Waals surface area contributed by atoms with E-state index in [2.05, 4.69) is 20.4 Å². The summed E-state index contributed by atoms with van der Waals surface area (Å²) in [6.45, 7) is 7.34. The monoisotopic (exact) mass is 666 g/mol. The van der Waals surface area contributed by atoms with Crippen molar-refractivity contribution in [3.63, 3.8) is 0 Å². The van der Waals surface area contributed by atoms with Gasteiger partial charge in [0.25, 0.3) is 5.92 Å². The standard InChI is InChI=1S/C27H28F3N3O2.C5H9F2NO2.C2H6/c1-17-16-35-20(14-32-17)9-10-22-24(29)3-2-4-26(22)33-27(34)13-23(18-5-7-19(28)8-6-18)21-11-12-31-15-25(21)30;1-5(6,7)3-8-4(9)10-2;1-2/h2-8,11-12,15,17,20,23,32H,9-10,13-14,16H2,1H3,(H,33,34);3H2,1-2H3,(H,8,9);1-2H3/t17-,20-,23+;;/m1../s1. The van der Waals surface area contributed by atoms with E-state index in [1.165, 1.54) is 48.7 Å². The lowest BCUT2D eigenvalue weighted by Crippen LogP contribution is -2.44. The molecule has 0 aliphatic carbocycles. The molecule has 2 amide bonds. The number of alkyl carbamates (subject to hydrolysis) is 1. The fourth-order valence-electron chi connectivity index (χ4n) is 4.61. The number of hydrogen-bond donors (Lipinski definition) is 3. The molecule has 2 aromatic carbocycles. The number of carbonyl (C=O) groups excluding carboxylic acids is 2. The summed E-state index contributed by atoms with van der Waals surface area (Å²) in [5, 5.41) is 8.00. The molecule has 1 aliphatic heterocycles. The van der Waals surface area contributed by atoms with Gasteiger partial charge >= 0.3 is 6.09 Å². The molecule has 3 aromatic rings. The number of anilines is 1. The van der Waals surface area contributed by atoms with E-state index in [0.717, 1.165) is 13.3 Å². The van der Waals surface area contributed by atoms with Crippen molar-refractivity contribution < 1.29 is 41.0 Å². The van der Waals surface area contributed by atoms with Gasteiger partial charge in [-0.25, -0.2) is 26.7 Å². The van der Waals surface area contributed by atoms with Crippen molar-refractivity contribution in [2.45, 2.75) is 70.9 Å². The third-order valence-electron chi connectivity index (χ3n) is 6.95. The molecule has 258 valence electrons. The van der Waals surface area contributed by atoms with E-state index >= 15 is 0 Å². The number of benzene rings is 2. The number of amides is 2. The Morgan fingerprint density at radius 2 is 1.79 bits per heavy atom. The average molecular weight is 667 g/mol. The van der Waals surface area contributed by atoms with E-state index < -0.39 is 47.8 Å². The van der Waals surface area contributed by atoms with Crippen LogP contribution in [0.5, 0.6) is 0 Å². The second-order valence-electron chi connectivity index (χ2n) is 10.7. The molecule has 1 aliphatic rings. The summed E-state index contributed by atoms with van der Waals surface area (Å²) in [4.78, 5) is 27.0. The van der Waals surface area contributed by atoms with Gasteiger partial charge in [0.1, 0.15) is 17.5 Å². The summed E-state index contributed by atoms with van der Waals surface area (Å²) < 4.78 is 76.5. The van der Waals surface area contributed by atoms with E-state index in [0.29, 0.717) is 49.7 Å². The topological polar surface area (TPSA) is 102 Å². The highest BCUT2D eigenvalue weighted by Gasteiger charge is 2.24. The summed E-state index contributed by atoms with van der Waals surface area (Å²) in [7, 11) is 1.11. The molecule has 1 saturated heterocycles. The number of alkyl halides is 2. The first-order chi connectivity index (χ1) is 22.4. The quantitative estimate of drug-likeness (QED) is 0.202. The number of pyridine rings is 1. The number of carbonyl (C=O) groups is 2. The summed E-state index contributed by atoms with van der Waals surface area (Å²) in [5.41, 5.74) is 1.64. The molecule has 47 heavy (non-hydrogen) atoms. The Morgan fingerprint density at radius 1 is 1.09 bits per heavy atom. The van der Waals surface area contributed by atoms with Gasteiger partial charge in [-0.1, -0.05) is 32.0 Å². The smallest absolute Gasteiger partial charge is 0.407 e. The van der Waals surface area contributed by atoms with E-state index in [1.54, 1.807) is 6.07 Å². The highest BCUT2D eigenvalue weighted by atomic mass is 19.3. The van der Waals surface area contributed by atoms with Gasteiger partial charge in [-0.3, -0.25) is 9.78 Å². The van der Waals surface area contributed by atoms with Gasteiger partial charge in [0.05, 0.1) is 32.6 Å². The van der Waals surface area contributed by atoms with Crippen LogP contribution in [0.1, 0.15) is 63.1 Å². The van der Waals surface area contributed by atoms with Crippen molar-refractivity contribution in [2.75, 3.05) is 32.1 Å². The largest absolute Gasteiger partial charge is 0.453 e. The van der Waals surface area contributed by atoms with Crippen molar-refractivity contribution >= 4 is 17.7 Å². The second-order valence-corrected chi connectivity index (χ2v) is 10.7. The molecule has 3 atom stereocenters. The zero-order valence-corrected chi connectivity index (χ0v) is 27.2. The van der Waals surface area contributed by atoms with Crippen molar-refractivity contribution in [2.24, 2.45) is 0 Å². The Balaban J connectivity index is 0.000000549. The molecule has 1 fully saturated rings. The zero-order valence-electron chi connectivity index (χ0n) is 27.2. The summed E-state index contributed by atoms with van der Waals surface area (Å²) >= 11 is 0. The molecule has 2 heterocycles. The van der Waals surface area contributed by atoms with E-state index in [4.69, 9.17) is 4.74 Å². The van der Waals surface area contributed by atoms with Crippen LogP contribution >= 0.6 is 0 Å². The maximum absolute atomic E-state index is 14.7. The number of hydrogen-bond acceptors (Lipinski definition) is 6. The van der Waals surface area contributed by atoms with Crippen LogP contribution in [-0.2, 0) is 20.7 Å². The molecule has 3 N–H and O–H groups in total. The SMILES string of the molecule is CC.COC(=O)NCC(C)(F)F.C[C@@H]1CO[C@H](CCc2c(F)cccc2NC(=O)C[C@@H](c2ccc(F)cc2)c2ccncc2F)CN1. The number of nitrogens with one attached hydrogen (secondary N) is 3. The third-order valence-corrected chi connectivity index (χ3v) is 6.95. The number of rotatable bonds is 10. The van der Waals surface area contributed by atoms with E-state index in [-0.39, 0.29) is 24.1 Å². The molecule has 4 rings (SSSR count). The fourth-order valence-corrected chi connectivity index (χ4v) is 4.61. The number of aromatic nitrogens is 1. The van der Waals surface area contributed by atoms with E-state index in [9.17, 15) is 31.5 Å².